The summed E-state index contributed by atoms with van der Waals surface area (Å²) in [5.41, 5.74) is 2.52. The molecule has 0 amide bonds. The van der Waals surface area contributed by atoms with Crippen LogP contribution in [0.2, 0.25) is 0 Å². The third-order valence-electron chi connectivity index (χ3n) is 12.6. The highest BCUT2D eigenvalue weighted by atomic mass is 16.5. The number of unbranched alkanes of at least 4 members (excludes halogenated alkanes) is 6. The van der Waals surface area contributed by atoms with Gasteiger partial charge in [-0.1, -0.05) is 97.3 Å². The highest BCUT2D eigenvalue weighted by Gasteiger charge is 2.59. The van der Waals surface area contributed by atoms with Crippen molar-refractivity contribution >= 4 is 5.97 Å². The third-order valence-corrected chi connectivity index (χ3v) is 12.6. The Morgan fingerprint density at radius 2 is 1.70 bits per heavy atom. The number of ether oxygens (including phenoxy) is 1. The van der Waals surface area contributed by atoms with Crippen molar-refractivity contribution in [1.29, 1.82) is 0 Å². The Kier molecular flexibility index (Phi) is 11.5. The first-order chi connectivity index (χ1) is 19.2. The summed E-state index contributed by atoms with van der Waals surface area (Å²) in [4.78, 5) is 12.6. The molecule has 4 rings (SSSR count). The fraction of sp³-hybridized carbons (Fsp3) is 0.868. The van der Waals surface area contributed by atoms with Gasteiger partial charge in [-0.05, 0) is 111 Å². The lowest BCUT2D eigenvalue weighted by Crippen LogP contribution is -2.51. The minimum absolute atomic E-state index is 0.0440. The number of fused-ring (bicyclic) bond motifs is 5. The number of rotatable bonds is 15. The molecule has 0 aliphatic heterocycles. The molecule has 40 heavy (non-hydrogen) atoms. The smallest absolute Gasteiger partial charge is 0.306 e. The van der Waals surface area contributed by atoms with Crippen molar-refractivity contribution in [3.63, 3.8) is 0 Å². The van der Waals surface area contributed by atoms with Gasteiger partial charge in [0.1, 0.15) is 6.10 Å². The molecular formula is C38H64O2. The van der Waals surface area contributed by atoms with E-state index in [4.69, 9.17) is 4.74 Å². The maximum Gasteiger partial charge on any atom is 0.306 e. The second kappa shape index (κ2) is 14.4. The Labute approximate surface area is 248 Å². The monoisotopic (exact) mass is 552 g/mol. The number of carbonyl (C=O) groups excluding carboxylic acids is 1. The molecule has 0 heterocycles. The predicted molar refractivity (Wildman–Crippen MR) is 170 cm³/mol. The third kappa shape index (κ3) is 7.29. The van der Waals surface area contributed by atoms with Gasteiger partial charge < -0.3 is 4.74 Å². The van der Waals surface area contributed by atoms with E-state index in [-0.39, 0.29) is 12.1 Å². The number of carbonyl (C=O) groups is 1. The number of hydrogen-bond acceptors (Lipinski definition) is 2. The topological polar surface area (TPSA) is 26.3 Å². The zero-order valence-corrected chi connectivity index (χ0v) is 27.2. The number of hydrogen-bond donors (Lipinski definition) is 0. The fourth-order valence-corrected chi connectivity index (χ4v) is 10.3. The Morgan fingerprint density at radius 3 is 2.45 bits per heavy atom. The van der Waals surface area contributed by atoms with Crippen LogP contribution in [0.1, 0.15) is 157 Å². The molecule has 0 radical (unpaired) electrons. The van der Waals surface area contributed by atoms with Crippen LogP contribution in [0.3, 0.4) is 0 Å². The van der Waals surface area contributed by atoms with Crippen LogP contribution in [0.4, 0.5) is 0 Å². The van der Waals surface area contributed by atoms with E-state index in [1.54, 1.807) is 5.57 Å². The zero-order valence-electron chi connectivity index (χ0n) is 27.2. The van der Waals surface area contributed by atoms with Crippen molar-refractivity contribution in [2.75, 3.05) is 0 Å². The molecule has 2 nitrogen and oxygen atoms in total. The number of esters is 1. The molecule has 4 aliphatic carbocycles. The van der Waals surface area contributed by atoms with Gasteiger partial charge in [0.15, 0.2) is 0 Å². The van der Waals surface area contributed by atoms with Gasteiger partial charge in [0.25, 0.3) is 0 Å². The molecular weight excluding hydrogens is 488 g/mol. The Morgan fingerprint density at radius 1 is 0.950 bits per heavy atom. The summed E-state index contributed by atoms with van der Waals surface area (Å²) >= 11 is 0. The van der Waals surface area contributed by atoms with Crippen molar-refractivity contribution in [1.82, 2.24) is 0 Å². The fourth-order valence-electron chi connectivity index (χ4n) is 10.3. The summed E-state index contributed by atoms with van der Waals surface area (Å²) in [6.07, 6.45) is 28.2. The largest absolute Gasteiger partial charge is 0.462 e. The van der Waals surface area contributed by atoms with Crippen LogP contribution in [0.15, 0.2) is 24.3 Å². The molecule has 0 aromatic carbocycles. The van der Waals surface area contributed by atoms with Gasteiger partial charge in [-0.2, -0.15) is 0 Å². The van der Waals surface area contributed by atoms with Crippen molar-refractivity contribution < 1.29 is 9.53 Å². The maximum absolute atomic E-state index is 12.6. The van der Waals surface area contributed by atoms with Crippen LogP contribution < -0.4 is 0 Å². The standard InChI is InChI=1S/C38H64O2/c1-7-8-9-10-11-12-13-14-18-36(39)40-31-23-25-37(5)30(27-31)19-20-32-34-22-21-33(29(4)17-15-16-28(2)3)38(34,6)26-24-35(32)37/h7,19,28-29,31-35H,1,8-18,20-27H2,2-6H3/t29?,31?,32?,33?,34?,35?,37-,38+/m0/s1. The highest BCUT2D eigenvalue weighted by Crippen LogP contribution is 2.67. The Bertz CT molecular complexity index is 856. The molecule has 0 N–H and O–H groups in total. The first kappa shape index (κ1) is 31.9. The molecule has 4 aliphatic rings. The van der Waals surface area contributed by atoms with Crippen LogP contribution in [0, 0.1) is 46.3 Å². The minimum atomic E-state index is 0.0440. The molecule has 3 fully saturated rings. The zero-order chi connectivity index (χ0) is 28.8. The first-order valence-electron chi connectivity index (χ1n) is 17.7. The van der Waals surface area contributed by atoms with Crippen LogP contribution >= 0.6 is 0 Å². The maximum atomic E-state index is 12.6. The van der Waals surface area contributed by atoms with Gasteiger partial charge in [0.2, 0.25) is 0 Å². The summed E-state index contributed by atoms with van der Waals surface area (Å²) in [5, 5.41) is 0. The molecule has 2 heteroatoms. The van der Waals surface area contributed by atoms with E-state index in [0.29, 0.717) is 17.3 Å². The summed E-state index contributed by atoms with van der Waals surface area (Å²) in [5.74, 6) is 5.31. The lowest BCUT2D eigenvalue weighted by atomic mass is 9.47. The van der Waals surface area contributed by atoms with Crippen molar-refractivity contribution in [2.24, 2.45) is 46.3 Å². The molecule has 6 unspecified atom stereocenters. The normalized spacial score (nSPS) is 35.9. The van der Waals surface area contributed by atoms with Gasteiger partial charge in [-0.25, -0.2) is 0 Å². The van der Waals surface area contributed by atoms with Gasteiger partial charge in [0, 0.05) is 12.8 Å². The molecule has 228 valence electrons. The van der Waals surface area contributed by atoms with Crippen molar-refractivity contribution in [2.45, 2.75) is 163 Å². The molecule has 0 aromatic rings. The molecule has 0 bridgehead atoms. The highest BCUT2D eigenvalue weighted by molar-refractivity contribution is 5.69. The van der Waals surface area contributed by atoms with Gasteiger partial charge in [-0.3, -0.25) is 4.79 Å². The lowest BCUT2D eigenvalue weighted by molar-refractivity contribution is -0.151. The lowest BCUT2D eigenvalue weighted by Gasteiger charge is -2.58. The summed E-state index contributed by atoms with van der Waals surface area (Å²) in [6, 6.07) is 0. The Balaban J connectivity index is 1.26. The van der Waals surface area contributed by atoms with Gasteiger partial charge in [0.05, 0.1) is 0 Å². The predicted octanol–water partition coefficient (Wildman–Crippen LogP) is 11.2. The van der Waals surface area contributed by atoms with Crippen molar-refractivity contribution in [3.05, 3.63) is 24.3 Å². The van der Waals surface area contributed by atoms with Crippen LogP contribution in [0.5, 0.6) is 0 Å². The van der Waals surface area contributed by atoms with Gasteiger partial charge >= 0.3 is 5.97 Å². The van der Waals surface area contributed by atoms with E-state index in [0.717, 1.165) is 67.6 Å². The second-order valence-corrected chi connectivity index (χ2v) is 15.6. The van der Waals surface area contributed by atoms with E-state index >= 15 is 0 Å². The summed E-state index contributed by atoms with van der Waals surface area (Å²) in [6.45, 7) is 16.4. The quantitative estimate of drug-likeness (QED) is 0.115. The van der Waals surface area contributed by atoms with Crippen LogP contribution in [0.25, 0.3) is 0 Å². The summed E-state index contributed by atoms with van der Waals surface area (Å²) in [7, 11) is 0. The minimum Gasteiger partial charge on any atom is -0.462 e. The molecule has 3 saturated carbocycles. The average Bonchev–Trinajstić information content (AvgIpc) is 3.27. The SMILES string of the molecule is C=CCCCCCCCCC(=O)OC1CC[C@@]2(C)C(=CCC3C4CCC(C(C)CCCC(C)C)[C@@]4(C)CCC32)C1. The van der Waals surface area contributed by atoms with Crippen molar-refractivity contribution in [3.8, 4) is 0 Å². The average molecular weight is 553 g/mol. The molecule has 0 aromatic heterocycles. The number of allylic oxidation sites excluding steroid dienone is 2. The van der Waals surface area contributed by atoms with Crippen LogP contribution in [-0.4, -0.2) is 12.1 Å². The first-order valence-corrected chi connectivity index (χ1v) is 17.7. The van der Waals surface area contributed by atoms with Crippen LogP contribution in [-0.2, 0) is 9.53 Å². The second-order valence-electron chi connectivity index (χ2n) is 15.6. The van der Waals surface area contributed by atoms with E-state index in [1.165, 1.54) is 83.5 Å². The summed E-state index contributed by atoms with van der Waals surface area (Å²) < 4.78 is 6.06. The Hall–Kier alpha value is -1.05. The van der Waals surface area contributed by atoms with E-state index in [9.17, 15) is 4.79 Å². The van der Waals surface area contributed by atoms with E-state index in [2.05, 4.69) is 47.3 Å². The van der Waals surface area contributed by atoms with Gasteiger partial charge in [-0.15, -0.1) is 6.58 Å². The molecule has 0 saturated heterocycles. The molecule has 8 atom stereocenters. The van der Waals surface area contributed by atoms with E-state index < -0.39 is 0 Å². The molecule has 0 spiro atoms. The van der Waals surface area contributed by atoms with E-state index in [1.807, 2.05) is 6.08 Å².